The molecule has 3 rings (SSSR count). The Morgan fingerprint density at radius 3 is 2.36 bits per heavy atom. The van der Waals surface area contributed by atoms with Crippen LogP contribution in [0.1, 0.15) is 18.4 Å². The molecule has 0 saturated carbocycles. The second-order valence-electron chi connectivity index (χ2n) is 6.70. The normalized spacial score (nSPS) is 24.0. The molecule has 0 radical (unpaired) electrons. The van der Waals surface area contributed by atoms with E-state index in [0.29, 0.717) is 18.5 Å². The lowest BCUT2D eigenvalue weighted by Crippen LogP contribution is -3.12. The van der Waals surface area contributed by atoms with Gasteiger partial charge < -0.3 is 24.9 Å². The largest absolute Gasteiger partial charge is 0.550 e. The molecule has 1 aromatic carbocycles. The van der Waals surface area contributed by atoms with Gasteiger partial charge in [0.2, 0.25) is 5.91 Å². The van der Waals surface area contributed by atoms with Crippen molar-refractivity contribution in [3.8, 4) is 0 Å². The van der Waals surface area contributed by atoms with E-state index in [4.69, 9.17) is 4.74 Å². The van der Waals surface area contributed by atoms with Crippen molar-refractivity contribution >= 4 is 17.6 Å². The van der Waals surface area contributed by atoms with Gasteiger partial charge in [0.15, 0.2) is 0 Å². The molecule has 0 unspecified atom stereocenters. The maximum atomic E-state index is 12.4. The van der Waals surface area contributed by atoms with E-state index in [1.807, 2.05) is 30.3 Å². The van der Waals surface area contributed by atoms with Gasteiger partial charge in [0.25, 0.3) is 0 Å². The quantitative estimate of drug-likeness (QED) is 0.697. The zero-order valence-electron chi connectivity index (χ0n) is 14.2. The van der Waals surface area contributed by atoms with Crippen LogP contribution in [0.15, 0.2) is 36.4 Å². The predicted octanol–water partition coefficient (Wildman–Crippen LogP) is -0.627. The van der Waals surface area contributed by atoms with Crippen molar-refractivity contribution < 1.29 is 24.3 Å². The molecule has 6 heteroatoms. The fraction of sp³-hybridized carbons (Fsp3) is 0.474. The number of benzene rings is 1. The zero-order valence-corrected chi connectivity index (χ0v) is 14.2. The number of quaternary nitrogens is 1. The maximum Gasteiger partial charge on any atom is 0.228 e. The number of amides is 1. The molecule has 1 fully saturated rings. The van der Waals surface area contributed by atoms with Gasteiger partial charge >= 0.3 is 0 Å². The van der Waals surface area contributed by atoms with Gasteiger partial charge in [-0.1, -0.05) is 24.3 Å². The van der Waals surface area contributed by atoms with Crippen LogP contribution >= 0.6 is 0 Å². The van der Waals surface area contributed by atoms with E-state index in [9.17, 15) is 14.7 Å². The van der Waals surface area contributed by atoms with Crippen molar-refractivity contribution in [3.05, 3.63) is 42.0 Å². The lowest BCUT2D eigenvalue weighted by molar-refractivity contribution is -0.921. The summed E-state index contributed by atoms with van der Waals surface area (Å²) in [5.74, 6) is -2.75. The van der Waals surface area contributed by atoms with Crippen LogP contribution in [0.3, 0.4) is 0 Å². The van der Waals surface area contributed by atoms with Gasteiger partial charge in [-0.25, -0.2) is 0 Å². The summed E-state index contributed by atoms with van der Waals surface area (Å²) in [6.07, 6.45) is 4.44. The number of allylic oxidation sites excluding steroid dienone is 2. The van der Waals surface area contributed by atoms with Gasteiger partial charge in [-0.05, 0) is 25.0 Å². The highest BCUT2D eigenvalue weighted by Crippen LogP contribution is 2.26. The van der Waals surface area contributed by atoms with E-state index >= 15 is 0 Å². The number of hydrogen-bond donors (Lipinski definition) is 2. The first-order valence-corrected chi connectivity index (χ1v) is 8.80. The highest BCUT2D eigenvalue weighted by Gasteiger charge is 2.29. The standard InChI is InChI=1S/C19H24N2O4/c22-18(16-3-1-2-4-17(16)19(23)24)20-15-7-5-14(6-8-15)13-21-9-11-25-12-10-21/h1-2,5-8,16-17H,3-4,9-13H2,(H,20,22)(H,23,24)/t16-,17+/m1/s1. The first-order valence-electron chi connectivity index (χ1n) is 8.80. The minimum absolute atomic E-state index is 0.259. The molecule has 2 aliphatic rings. The van der Waals surface area contributed by atoms with Crippen molar-refractivity contribution in [2.75, 3.05) is 31.6 Å². The van der Waals surface area contributed by atoms with Crippen molar-refractivity contribution in [1.82, 2.24) is 0 Å². The summed E-state index contributed by atoms with van der Waals surface area (Å²) < 4.78 is 5.36. The summed E-state index contributed by atoms with van der Waals surface area (Å²) in [4.78, 5) is 25.1. The number of carbonyl (C=O) groups is 2. The molecule has 134 valence electrons. The van der Waals surface area contributed by atoms with Crippen LogP contribution in [-0.2, 0) is 20.9 Å². The van der Waals surface area contributed by atoms with Crippen LogP contribution in [0.2, 0.25) is 0 Å². The molecule has 0 bridgehead atoms. The minimum Gasteiger partial charge on any atom is -0.550 e. The predicted molar refractivity (Wildman–Crippen MR) is 90.7 cm³/mol. The van der Waals surface area contributed by atoms with Crippen molar-refractivity contribution in [3.63, 3.8) is 0 Å². The summed E-state index contributed by atoms with van der Waals surface area (Å²) in [7, 11) is 0. The summed E-state index contributed by atoms with van der Waals surface area (Å²) in [6, 6.07) is 7.77. The number of ether oxygens (including phenoxy) is 1. The van der Waals surface area contributed by atoms with E-state index in [2.05, 4.69) is 5.32 Å². The molecule has 1 saturated heterocycles. The first kappa shape index (κ1) is 17.6. The number of carbonyl (C=O) groups excluding carboxylic acids is 2. The van der Waals surface area contributed by atoms with E-state index in [1.165, 1.54) is 10.5 Å². The van der Waals surface area contributed by atoms with Gasteiger partial charge in [-0.3, -0.25) is 4.79 Å². The van der Waals surface area contributed by atoms with Crippen LogP contribution in [0.5, 0.6) is 0 Å². The van der Waals surface area contributed by atoms with Crippen LogP contribution in [0.25, 0.3) is 0 Å². The molecular weight excluding hydrogens is 320 g/mol. The zero-order chi connectivity index (χ0) is 17.6. The molecule has 0 aromatic heterocycles. The molecule has 1 aliphatic heterocycles. The third-order valence-corrected chi connectivity index (χ3v) is 4.95. The van der Waals surface area contributed by atoms with Gasteiger partial charge in [-0.15, -0.1) is 0 Å². The molecule has 1 heterocycles. The molecule has 25 heavy (non-hydrogen) atoms. The lowest BCUT2D eigenvalue weighted by atomic mass is 9.82. The Balaban J connectivity index is 1.57. The number of carboxylic acid groups (broad SMARTS) is 1. The summed E-state index contributed by atoms with van der Waals surface area (Å²) in [5.41, 5.74) is 1.90. The highest BCUT2D eigenvalue weighted by atomic mass is 16.5. The Bertz CT molecular complexity index is 635. The fourth-order valence-electron chi connectivity index (χ4n) is 3.43. The molecule has 1 amide bonds. The summed E-state index contributed by atoms with van der Waals surface area (Å²) in [6.45, 7) is 4.58. The maximum absolute atomic E-state index is 12.4. The van der Waals surface area contributed by atoms with E-state index in [0.717, 1.165) is 32.8 Å². The molecule has 6 nitrogen and oxygen atoms in total. The molecule has 2 atom stereocenters. The van der Waals surface area contributed by atoms with Crippen LogP contribution < -0.4 is 15.3 Å². The van der Waals surface area contributed by atoms with Crippen molar-refractivity contribution in [2.45, 2.75) is 19.4 Å². The van der Waals surface area contributed by atoms with Crippen LogP contribution in [-0.4, -0.2) is 38.2 Å². The summed E-state index contributed by atoms with van der Waals surface area (Å²) in [5, 5.41) is 14.1. The topological polar surface area (TPSA) is 82.9 Å². The second kappa shape index (κ2) is 8.27. The van der Waals surface area contributed by atoms with Gasteiger partial charge in [0.1, 0.15) is 19.6 Å². The number of hydrogen-bond acceptors (Lipinski definition) is 4. The van der Waals surface area contributed by atoms with Crippen molar-refractivity contribution in [1.29, 1.82) is 0 Å². The molecule has 1 aliphatic carbocycles. The Morgan fingerprint density at radius 2 is 1.72 bits per heavy atom. The summed E-state index contributed by atoms with van der Waals surface area (Å²) >= 11 is 0. The average Bonchev–Trinajstić information content (AvgIpc) is 2.64. The molecule has 2 N–H and O–H groups in total. The van der Waals surface area contributed by atoms with Crippen molar-refractivity contribution in [2.24, 2.45) is 11.8 Å². The third kappa shape index (κ3) is 4.67. The smallest absolute Gasteiger partial charge is 0.228 e. The number of carboxylic acids is 1. The monoisotopic (exact) mass is 344 g/mol. The van der Waals surface area contributed by atoms with Crippen LogP contribution in [0, 0.1) is 11.8 Å². The number of morpholine rings is 1. The number of rotatable bonds is 5. The highest BCUT2D eigenvalue weighted by molar-refractivity contribution is 5.95. The fourth-order valence-corrected chi connectivity index (χ4v) is 3.43. The SMILES string of the molecule is O=C([O-])[C@H]1CC=CC[C@H]1C(=O)Nc1ccc(C[NH+]2CCOCC2)cc1. The molecule has 1 aromatic rings. The van der Waals surface area contributed by atoms with E-state index < -0.39 is 17.8 Å². The van der Waals surface area contributed by atoms with Gasteiger partial charge in [0, 0.05) is 23.1 Å². The third-order valence-electron chi connectivity index (χ3n) is 4.95. The molecule has 0 spiro atoms. The Kier molecular flexibility index (Phi) is 5.83. The Hall–Kier alpha value is -2.18. The lowest BCUT2D eigenvalue weighted by Gasteiger charge is -2.28. The van der Waals surface area contributed by atoms with E-state index in [1.54, 1.807) is 6.08 Å². The first-order chi connectivity index (χ1) is 12.1. The molecular formula is C19H24N2O4. The van der Waals surface area contributed by atoms with Crippen LogP contribution in [0.4, 0.5) is 5.69 Å². The number of anilines is 1. The average molecular weight is 344 g/mol. The number of aliphatic carboxylic acids is 1. The minimum atomic E-state index is -1.16. The van der Waals surface area contributed by atoms with Gasteiger partial charge in [-0.2, -0.15) is 0 Å². The Labute approximate surface area is 147 Å². The van der Waals surface area contributed by atoms with E-state index in [-0.39, 0.29) is 5.91 Å². The second-order valence-corrected chi connectivity index (χ2v) is 6.70. The Morgan fingerprint density at radius 1 is 1.08 bits per heavy atom. The van der Waals surface area contributed by atoms with Gasteiger partial charge in [0.05, 0.1) is 19.1 Å². The number of nitrogens with one attached hydrogen (secondary N) is 2.